The third-order valence-corrected chi connectivity index (χ3v) is 4.87. The highest BCUT2D eigenvalue weighted by atomic mass is 32.2. The van der Waals surface area contributed by atoms with Crippen LogP contribution in [0.1, 0.15) is 24.0 Å². The van der Waals surface area contributed by atoms with E-state index in [1.807, 2.05) is 12.1 Å². The number of phenolic OH excluding ortho intramolecular Hbond substituents is 1. The Balaban J connectivity index is 1.74. The van der Waals surface area contributed by atoms with Gasteiger partial charge in [-0.2, -0.15) is 13.2 Å². The van der Waals surface area contributed by atoms with Crippen LogP contribution in [0, 0.1) is 0 Å². The number of phenols is 1. The van der Waals surface area contributed by atoms with Crippen LogP contribution in [0.2, 0.25) is 0 Å². The van der Waals surface area contributed by atoms with Gasteiger partial charge in [-0.3, -0.25) is 4.79 Å². The van der Waals surface area contributed by atoms with Crippen LogP contribution in [0.15, 0.2) is 53.4 Å². The molecule has 0 unspecified atom stereocenters. The van der Waals surface area contributed by atoms with Gasteiger partial charge in [-0.05, 0) is 54.1 Å². The van der Waals surface area contributed by atoms with Crippen LogP contribution in [-0.4, -0.2) is 28.7 Å². The summed E-state index contributed by atoms with van der Waals surface area (Å²) in [5, 5.41) is 9.22. The average Bonchev–Trinajstić information content (AvgIpc) is 2.59. The first-order valence-corrected chi connectivity index (χ1v) is 9.06. The molecule has 0 fully saturated rings. The molecular weight excluding hydrogens is 363 g/mol. The Hall–Kier alpha value is -2.15. The van der Waals surface area contributed by atoms with Gasteiger partial charge in [-0.1, -0.05) is 12.1 Å². The maximum absolute atomic E-state index is 12.5. The van der Waals surface area contributed by atoms with Crippen LogP contribution in [0.3, 0.4) is 0 Å². The maximum Gasteiger partial charge on any atom is 0.416 e. The minimum absolute atomic E-state index is 0.0452. The summed E-state index contributed by atoms with van der Waals surface area (Å²) in [7, 11) is 1.65. The molecule has 3 nitrogen and oxygen atoms in total. The van der Waals surface area contributed by atoms with Gasteiger partial charge in [0, 0.05) is 24.9 Å². The van der Waals surface area contributed by atoms with E-state index in [1.54, 1.807) is 30.9 Å². The van der Waals surface area contributed by atoms with Gasteiger partial charge in [0.2, 0.25) is 5.91 Å². The van der Waals surface area contributed by atoms with Crippen LogP contribution in [0.5, 0.6) is 5.75 Å². The van der Waals surface area contributed by atoms with E-state index in [4.69, 9.17) is 0 Å². The molecular formula is C19H20F3NO2S. The number of hydrogen-bond donors (Lipinski definition) is 1. The van der Waals surface area contributed by atoms with Crippen LogP contribution >= 0.6 is 11.8 Å². The van der Waals surface area contributed by atoms with Gasteiger partial charge in [0.25, 0.3) is 0 Å². The average molecular weight is 383 g/mol. The van der Waals surface area contributed by atoms with Gasteiger partial charge < -0.3 is 10.0 Å². The third kappa shape index (κ3) is 6.29. The van der Waals surface area contributed by atoms with Crippen molar-refractivity contribution in [3.05, 3.63) is 59.7 Å². The lowest BCUT2D eigenvalue weighted by atomic mass is 10.1. The van der Waals surface area contributed by atoms with Crippen molar-refractivity contribution < 1.29 is 23.1 Å². The number of nitrogens with zero attached hydrogens (tertiary/aromatic N) is 1. The van der Waals surface area contributed by atoms with E-state index >= 15 is 0 Å². The van der Waals surface area contributed by atoms with Gasteiger partial charge in [-0.15, -0.1) is 11.8 Å². The molecule has 140 valence electrons. The summed E-state index contributed by atoms with van der Waals surface area (Å²) >= 11 is 1.60. The zero-order valence-corrected chi connectivity index (χ0v) is 15.1. The van der Waals surface area contributed by atoms with Gasteiger partial charge in [0.05, 0.1) is 5.56 Å². The highest BCUT2D eigenvalue weighted by molar-refractivity contribution is 7.99. The zero-order valence-electron chi connectivity index (χ0n) is 14.3. The molecule has 7 heteroatoms. The Kier molecular flexibility index (Phi) is 6.97. The van der Waals surface area contributed by atoms with E-state index in [0.29, 0.717) is 18.4 Å². The highest BCUT2D eigenvalue weighted by Gasteiger charge is 2.29. The highest BCUT2D eigenvalue weighted by Crippen LogP contribution is 2.29. The molecule has 2 aromatic rings. The van der Waals surface area contributed by atoms with Gasteiger partial charge in [0.15, 0.2) is 0 Å². The predicted octanol–water partition coefficient (Wildman–Crippen LogP) is 4.94. The molecule has 2 aromatic carbocycles. The lowest BCUT2D eigenvalue weighted by Crippen LogP contribution is -2.26. The van der Waals surface area contributed by atoms with Crippen molar-refractivity contribution >= 4 is 17.7 Å². The number of aromatic hydroxyl groups is 1. The Bertz CT molecular complexity index is 715. The molecule has 0 saturated heterocycles. The van der Waals surface area contributed by atoms with Crippen molar-refractivity contribution in [3.8, 4) is 5.75 Å². The molecule has 0 aromatic heterocycles. The van der Waals surface area contributed by atoms with E-state index in [1.165, 1.54) is 17.0 Å². The summed E-state index contributed by atoms with van der Waals surface area (Å²) in [6.07, 6.45) is -3.28. The Morgan fingerprint density at radius 1 is 1.08 bits per heavy atom. The summed E-state index contributed by atoms with van der Waals surface area (Å²) in [6.45, 7) is 0.280. The second kappa shape index (κ2) is 8.98. The second-order valence-corrected chi connectivity index (χ2v) is 7.06. The topological polar surface area (TPSA) is 40.5 Å². The minimum Gasteiger partial charge on any atom is -0.508 e. The number of benzene rings is 2. The fraction of sp³-hybridized carbons (Fsp3) is 0.316. The monoisotopic (exact) mass is 383 g/mol. The lowest BCUT2D eigenvalue weighted by Gasteiger charge is -2.17. The van der Waals surface area contributed by atoms with Crippen molar-refractivity contribution in [2.24, 2.45) is 0 Å². The van der Waals surface area contributed by atoms with E-state index in [0.717, 1.165) is 22.8 Å². The van der Waals surface area contributed by atoms with Crippen molar-refractivity contribution in [3.63, 3.8) is 0 Å². The molecule has 1 N–H and O–H groups in total. The summed E-state index contributed by atoms with van der Waals surface area (Å²) in [4.78, 5) is 14.7. The number of carbonyl (C=O) groups is 1. The summed E-state index contributed by atoms with van der Waals surface area (Å²) in [6, 6.07) is 11.7. The summed E-state index contributed by atoms with van der Waals surface area (Å²) in [5.74, 6) is 0.940. The number of alkyl halides is 3. The number of thioether (sulfide) groups is 1. The number of amides is 1. The quantitative estimate of drug-likeness (QED) is 0.544. The first-order chi connectivity index (χ1) is 12.3. The molecule has 1 amide bonds. The van der Waals surface area contributed by atoms with Crippen molar-refractivity contribution in [2.75, 3.05) is 12.8 Å². The van der Waals surface area contributed by atoms with Crippen molar-refractivity contribution in [1.82, 2.24) is 4.90 Å². The Morgan fingerprint density at radius 2 is 1.69 bits per heavy atom. The fourth-order valence-electron chi connectivity index (χ4n) is 2.31. The predicted molar refractivity (Wildman–Crippen MR) is 96.0 cm³/mol. The maximum atomic E-state index is 12.5. The van der Waals surface area contributed by atoms with E-state index < -0.39 is 11.7 Å². The molecule has 26 heavy (non-hydrogen) atoms. The Morgan fingerprint density at radius 3 is 2.27 bits per heavy atom. The molecule has 0 aliphatic rings. The summed E-state index contributed by atoms with van der Waals surface area (Å²) < 4.78 is 37.6. The minimum atomic E-state index is -4.35. The van der Waals surface area contributed by atoms with E-state index in [9.17, 15) is 23.1 Å². The molecule has 0 radical (unpaired) electrons. The molecule has 0 spiro atoms. The van der Waals surface area contributed by atoms with E-state index in [-0.39, 0.29) is 18.2 Å². The first-order valence-electron chi connectivity index (χ1n) is 8.07. The summed E-state index contributed by atoms with van der Waals surface area (Å²) in [5.41, 5.74) is -0.0335. The van der Waals surface area contributed by atoms with Gasteiger partial charge in [-0.25, -0.2) is 0 Å². The lowest BCUT2D eigenvalue weighted by molar-refractivity contribution is -0.137. The smallest absolute Gasteiger partial charge is 0.416 e. The molecule has 0 saturated carbocycles. The molecule has 0 heterocycles. The van der Waals surface area contributed by atoms with Crippen LogP contribution in [-0.2, 0) is 17.5 Å². The van der Waals surface area contributed by atoms with Crippen LogP contribution in [0.25, 0.3) is 0 Å². The Labute approximate surface area is 154 Å². The third-order valence-electron chi connectivity index (χ3n) is 3.77. The molecule has 0 atom stereocenters. The fourth-order valence-corrected chi connectivity index (χ4v) is 3.16. The number of rotatable bonds is 7. The van der Waals surface area contributed by atoms with Crippen molar-refractivity contribution in [1.29, 1.82) is 0 Å². The molecule has 0 aliphatic carbocycles. The van der Waals surface area contributed by atoms with Crippen LogP contribution < -0.4 is 0 Å². The van der Waals surface area contributed by atoms with Gasteiger partial charge in [0.1, 0.15) is 5.75 Å². The standard InChI is InChI=1S/C19H20F3NO2S/c1-23(13-14-4-6-15(7-5-14)19(20,21)22)18(25)3-2-12-26-17-10-8-16(24)9-11-17/h4-11,24H,2-3,12-13H2,1H3. The van der Waals surface area contributed by atoms with Crippen molar-refractivity contribution in [2.45, 2.75) is 30.5 Å². The first kappa shape index (κ1) is 20.2. The number of carbonyl (C=O) groups excluding carboxylic acids is 1. The number of hydrogen-bond acceptors (Lipinski definition) is 3. The zero-order chi connectivity index (χ0) is 19.2. The number of halogens is 3. The van der Waals surface area contributed by atoms with Crippen LogP contribution in [0.4, 0.5) is 13.2 Å². The molecule has 0 aliphatic heterocycles. The second-order valence-electron chi connectivity index (χ2n) is 5.89. The normalized spacial score (nSPS) is 11.4. The SMILES string of the molecule is CN(Cc1ccc(C(F)(F)F)cc1)C(=O)CCCSc1ccc(O)cc1. The van der Waals surface area contributed by atoms with Gasteiger partial charge >= 0.3 is 6.18 Å². The molecule has 2 rings (SSSR count). The van der Waals surface area contributed by atoms with E-state index in [2.05, 4.69) is 0 Å². The molecule has 0 bridgehead atoms. The largest absolute Gasteiger partial charge is 0.508 e.